The van der Waals surface area contributed by atoms with Crippen LogP contribution in [-0.4, -0.2) is 47.8 Å². The summed E-state index contributed by atoms with van der Waals surface area (Å²) in [4.78, 5) is 20.4. The number of fused-ring (bicyclic) bond motifs is 4. The lowest BCUT2D eigenvalue weighted by molar-refractivity contribution is 0.0559. The molecule has 1 aromatic carbocycles. The van der Waals surface area contributed by atoms with Crippen molar-refractivity contribution in [2.75, 3.05) is 6.54 Å². The van der Waals surface area contributed by atoms with Crippen LogP contribution < -0.4 is 0 Å². The van der Waals surface area contributed by atoms with E-state index in [0.717, 1.165) is 48.3 Å². The largest absolute Gasteiger partial charge is 0.291 e. The molecular formula is C27H25F3N6O. The normalized spacial score (nSPS) is 19.2. The average molecular weight is 507 g/mol. The predicted octanol–water partition coefficient (Wildman–Crippen LogP) is 4.73. The van der Waals surface area contributed by atoms with E-state index in [-0.39, 0.29) is 30.0 Å². The molecule has 5 heterocycles. The molecule has 0 amide bonds. The van der Waals surface area contributed by atoms with E-state index in [0.29, 0.717) is 23.5 Å². The fraction of sp³-hybridized carbons (Fsp3) is 0.333. The van der Waals surface area contributed by atoms with Crippen molar-refractivity contribution in [3.05, 3.63) is 82.8 Å². The van der Waals surface area contributed by atoms with Crippen molar-refractivity contribution < 1.29 is 18.0 Å². The van der Waals surface area contributed by atoms with Crippen LogP contribution in [0.15, 0.2) is 42.7 Å². The molecule has 0 N–H and O–H groups in total. The van der Waals surface area contributed by atoms with E-state index in [9.17, 15) is 18.0 Å². The lowest BCUT2D eigenvalue weighted by atomic mass is 9.81. The lowest BCUT2D eigenvalue weighted by Gasteiger charge is -2.45. The van der Waals surface area contributed by atoms with Gasteiger partial charge in [0.15, 0.2) is 23.2 Å². The summed E-state index contributed by atoms with van der Waals surface area (Å²) in [6.07, 6.45) is 6.70. The molecule has 1 fully saturated rings. The number of ketones is 1. The number of piperidine rings is 1. The van der Waals surface area contributed by atoms with Crippen molar-refractivity contribution in [1.29, 1.82) is 0 Å². The molecule has 0 radical (unpaired) electrons. The molecule has 0 saturated carbocycles. The number of nitrogens with zero attached hydrogens (tertiary/aromatic N) is 6. The molecule has 10 heteroatoms. The molecular weight excluding hydrogens is 481 g/mol. The quantitative estimate of drug-likeness (QED) is 0.289. The second-order valence-electron chi connectivity index (χ2n) is 9.76. The van der Waals surface area contributed by atoms with Gasteiger partial charge in [0, 0.05) is 42.3 Å². The summed E-state index contributed by atoms with van der Waals surface area (Å²) >= 11 is 0. The Balaban J connectivity index is 1.36. The van der Waals surface area contributed by atoms with Gasteiger partial charge >= 0.3 is 0 Å². The number of hydrogen-bond acceptors (Lipinski definition) is 5. The van der Waals surface area contributed by atoms with Crippen molar-refractivity contribution >= 4 is 5.78 Å². The fourth-order valence-corrected chi connectivity index (χ4v) is 5.82. The summed E-state index contributed by atoms with van der Waals surface area (Å²) in [5.41, 5.74) is 4.28. The van der Waals surface area contributed by atoms with Gasteiger partial charge in [-0.25, -0.2) is 22.8 Å². The lowest BCUT2D eigenvalue weighted by Crippen LogP contribution is -2.49. The number of benzene rings is 1. The number of pyridine rings is 1. The summed E-state index contributed by atoms with van der Waals surface area (Å²) in [6.45, 7) is 2.02. The molecule has 190 valence electrons. The number of Topliss-reactive ketones (excluding diaryl/α,β-unsaturated/α-hetero) is 1. The molecule has 2 aliphatic heterocycles. The van der Waals surface area contributed by atoms with Crippen molar-refractivity contribution in [3.63, 3.8) is 0 Å². The zero-order chi connectivity index (χ0) is 25.8. The second kappa shape index (κ2) is 8.95. The third-order valence-corrected chi connectivity index (χ3v) is 7.43. The van der Waals surface area contributed by atoms with Crippen LogP contribution >= 0.6 is 0 Å². The summed E-state index contributed by atoms with van der Waals surface area (Å²) in [7, 11) is 1.72. The summed E-state index contributed by atoms with van der Waals surface area (Å²) < 4.78 is 45.0. The molecule has 2 aliphatic rings. The van der Waals surface area contributed by atoms with Gasteiger partial charge in [-0.2, -0.15) is 10.2 Å². The highest BCUT2D eigenvalue weighted by Crippen LogP contribution is 2.44. The monoisotopic (exact) mass is 506 g/mol. The van der Waals surface area contributed by atoms with Crippen LogP contribution in [0.5, 0.6) is 0 Å². The summed E-state index contributed by atoms with van der Waals surface area (Å²) in [5, 5.41) is 9.00. The van der Waals surface area contributed by atoms with E-state index in [4.69, 9.17) is 5.10 Å². The Bertz CT molecular complexity index is 1490. The smallest absolute Gasteiger partial charge is 0.197 e. The Hall–Kier alpha value is -3.79. The van der Waals surface area contributed by atoms with Crippen LogP contribution in [0.2, 0.25) is 0 Å². The van der Waals surface area contributed by atoms with Crippen LogP contribution in [0.4, 0.5) is 13.2 Å². The van der Waals surface area contributed by atoms with E-state index in [2.05, 4.69) is 15.0 Å². The maximum Gasteiger partial charge on any atom is 0.197 e. The fourth-order valence-electron chi connectivity index (χ4n) is 5.82. The van der Waals surface area contributed by atoms with Crippen molar-refractivity contribution in [1.82, 2.24) is 29.4 Å². The van der Waals surface area contributed by atoms with Crippen LogP contribution in [-0.2, 0) is 13.5 Å². The van der Waals surface area contributed by atoms with Gasteiger partial charge in [0.2, 0.25) is 0 Å². The SMILES string of the molecule is Cc1ccc(-n2cccn2)c(C(=O)CN2[C@@H]3CCC[C@H]2c2nn(C)c(-c4cc(F)c(F)c(F)c4)c2C3)n1. The Kier molecular flexibility index (Phi) is 5.71. The number of carbonyl (C=O) groups excluding carboxylic acids is 1. The highest BCUT2D eigenvalue weighted by atomic mass is 19.2. The van der Waals surface area contributed by atoms with E-state index in [1.165, 1.54) is 0 Å². The highest BCUT2D eigenvalue weighted by molar-refractivity contribution is 5.99. The van der Waals surface area contributed by atoms with Gasteiger partial charge in [0.25, 0.3) is 0 Å². The molecule has 37 heavy (non-hydrogen) atoms. The van der Waals surface area contributed by atoms with E-state index in [1.54, 1.807) is 34.9 Å². The first-order chi connectivity index (χ1) is 17.8. The van der Waals surface area contributed by atoms with Crippen molar-refractivity contribution in [2.24, 2.45) is 7.05 Å². The molecule has 0 aliphatic carbocycles. The van der Waals surface area contributed by atoms with Crippen molar-refractivity contribution in [3.8, 4) is 16.9 Å². The summed E-state index contributed by atoms with van der Waals surface area (Å²) in [5.74, 6) is -4.05. The van der Waals surface area contributed by atoms with Gasteiger partial charge in [-0.05, 0) is 62.9 Å². The molecule has 4 aromatic rings. The molecule has 3 aromatic heterocycles. The number of aryl methyl sites for hydroxylation is 2. The average Bonchev–Trinajstić information content (AvgIpc) is 3.50. The maximum atomic E-state index is 14.1. The first kappa shape index (κ1) is 23.6. The molecule has 0 spiro atoms. The second-order valence-corrected chi connectivity index (χ2v) is 9.76. The Morgan fingerprint density at radius 3 is 2.65 bits per heavy atom. The maximum absolute atomic E-state index is 14.1. The van der Waals surface area contributed by atoms with Gasteiger partial charge in [-0.15, -0.1) is 0 Å². The van der Waals surface area contributed by atoms with Crippen molar-refractivity contribution in [2.45, 2.75) is 44.7 Å². The van der Waals surface area contributed by atoms with E-state index < -0.39 is 17.5 Å². The minimum atomic E-state index is -1.49. The Labute approximate surface area is 211 Å². The number of halogens is 3. The van der Waals surface area contributed by atoms with Gasteiger partial charge < -0.3 is 0 Å². The Morgan fingerprint density at radius 2 is 1.92 bits per heavy atom. The molecule has 2 atom stereocenters. The van der Waals surface area contributed by atoms with Crippen LogP contribution in [0.1, 0.15) is 52.7 Å². The van der Waals surface area contributed by atoms with E-state index >= 15 is 0 Å². The summed E-state index contributed by atoms with van der Waals surface area (Å²) in [6, 6.07) is 7.48. The zero-order valence-electron chi connectivity index (χ0n) is 20.5. The number of hydrogen-bond donors (Lipinski definition) is 0. The standard InChI is InChI=1S/C27H25F3N6O/c1-15-7-8-22(36-10-4-9-31-36)26(32-15)23(37)14-35-17-5-3-6-21(35)25-18(13-17)27(34(2)33-25)16-11-19(28)24(30)20(29)12-16/h4,7-12,17,21H,3,5-6,13-14H2,1-2H3/t17-,21+/m1/s1. The van der Waals surface area contributed by atoms with Gasteiger partial charge in [-0.3, -0.25) is 14.4 Å². The number of rotatable bonds is 5. The predicted molar refractivity (Wildman–Crippen MR) is 130 cm³/mol. The Morgan fingerprint density at radius 1 is 1.14 bits per heavy atom. The molecule has 2 bridgehead atoms. The first-order valence-corrected chi connectivity index (χ1v) is 12.3. The number of aromatic nitrogens is 5. The minimum Gasteiger partial charge on any atom is -0.291 e. The topological polar surface area (TPSA) is 68.8 Å². The third-order valence-electron chi connectivity index (χ3n) is 7.43. The first-order valence-electron chi connectivity index (χ1n) is 12.3. The third kappa shape index (κ3) is 3.96. The molecule has 7 nitrogen and oxygen atoms in total. The zero-order valence-corrected chi connectivity index (χ0v) is 20.5. The highest BCUT2D eigenvalue weighted by Gasteiger charge is 2.42. The molecule has 0 unspecified atom stereocenters. The molecule has 1 saturated heterocycles. The van der Waals surface area contributed by atoms with Crippen LogP contribution in [0.25, 0.3) is 16.9 Å². The van der Waals surface area contributed by atoms with Crippen LogP contribution in [0, 0.1) is 24.4 Å². The number of carbonyl (C=O) groups is 1. The van der Waals surface area contributed by atoms with Gasteiger partial charge in [0.1, 0.15) is 5.69 Å². The molecule has 6 rings (SSSR count). The van der Waals surface area contributed by atoms with Gasteiger partial charge in [-0.1, -0.05) is 0 Å². The van der Waals surface area contributed by atoms with Gasteiger partial charge in [0.05, 0.1) is 29.7 Å². The van der Waals surface area contributed by atoms with E-state index in [1.807, 2.05) is 19.1 Å². The van der Waals surface area contributed by atoms with Crippen LogP contribution in [0.3, 0.4) is 0 Å². The minimum absolute atomic E-state index is 0.0613.